The summed E-state index contributed by atoms with van der Waals surface area (Å²) in [5.74, 6) is 2.57. The van der Waals surface area contributed by atoms with Crippen LogP contribution in [0.1, 0.15) is 26.3 Å². The Balaban J connectivity index is 1.68. The molecule has 2 saturated heterocycles. The first-order valence-electron chi connectivity index (χ1n) is 8.12. The van der Waals surface area contributed by atoms with Crippen LogP contribution < -0.4 is 10.1 Å². The molecular weight excluding hydrogens is 260 g/mol. The van der Waals surface area contributed by atoms with Crippen molar-refractivity contribution < 1.29 is 4.74 Å². The van der Waals surface area contributed by atoms with E-state index in [1.807, 2.05) is 0 Å². The molecule has 1 aromatic carbocycles. The van der Waals surface area contributed by atoms with Crippen molar-refractivity contribution in [2.24, 2.45) is 11.8 Å². The van der Waals surface area contributed by atoms with Gasteiger partial charge in [-0.3, -0.25) is 4.90 Å². The van der Waals surface area contributed by atoms with Gasteiger partial charge in [-0.15, -0.1) is 0 Å². The minimum absolute atomic E-state index is 0.306. The van der Waals surface area contributed by atoms with E-state index in [0.717, 1.165) is 24.0 Å². The summed E-state index contributed by atoms with van der Waals surface area (Å²) >= 11 is 0. The third-order valence-electron chi connectivity index (χ3n) is 5.64. The summed E-state index contributed by atoms with van der Waals surface area (Å²) in [5, 5.41) is 3.56. The van der Waals surface area contributed by atoms with Crippen molar-refractivity contribution in [3.63, 3.8) is 0 Å². The molecule has 2 heterocycles. The van der Waals surface area contributed by atoms with Crippen LogP contribution in [0.4, 0.5) is 0 Å². The van der Waals surface area contributed by atoms with Crippen molar-refractivity contribution in [1.82, 2.24) is 10.2 Å². The molecule has 3 heteroatoms. The molecule has 0 spiro atoms. The molecule has 3 atom stereocenters. The molecule has 2 aliphatic heterocycles. The fraction of sp³-hybridized carbons (Fsp3) is 0.667. The average Bonchev–Trinajstić information content (AvgIpc) is 3.02. The largest absolute Gasteiger partial charge is 0.497 e. The lowest BCUT2D eigenvalue weighted by Gasteiger charge is -2.40. The maximum atomic E-state index is 5.24. The summed E-state index contributed by atoms with van der Waals surface area (Å²) in [5.41, 5.74) is 1.70. The smallest absolute Gasteiger partial charge is 0.118 e. The molecular formula is C18H28N2O. The van der Waals surface area contributed by atoms with Crippen LogP contribution in [0.5, 0.6) is 5.75 Å². The lowest BCUT2D eigenvalue weighted by molar-refractivity contribution is 0.0970. The Labute approximate surface area is 128 Å². The van der Waals surface area contributed by atoms with Crippen LogP contribution >= 0.6 is 0 Å². The second kappa shape index (κ2) is 5.62. The monoisotopic (exact) mass is 288 g/mol. The summed E-state index contributed by atoms with van der Waals surface area (Å²) in [6.07, 6.45) is 1.11. The fourth-order valence-electron chi connectivity index (χ4n) is 4.41. The first-order valence-corrected chi connectivity index (χ1v) is 8.12. The lowest BCUT2D eigenvalue weighted by atomic mass is 9.84. The summed E-state index contributed by atoms with van der Waals surface area (Å²) in [4.78, 5) is 2.73. The molecule has 2 fully saturated rings. The van der Waals surface area contributed by atoms with Crippen LogP contribution in [0.15, 0.2) is 24.3 Å². The normalized spacial score (nSPS) is 29.3. The summed E-state index contributed by atoms with van der Waals surface area (Å²) < 4.78 is 5.24. The highest BCUT2D eigenvalue weighted by Crippen LogP contribution is 2.42. The molecule has 0 bridgehead atoms. The molecule has 0 radical (unpaired) electrons. The summed E-state index contributed by atoms with van der Waals surface area (Å²) in [6, 6.07) is 9.10. The van der Waals surface area contributed by atoms with E-state index < -0.39 is 0 Å². The predicted molar refractivity (Wildman–Crippen MR) is 86.8 cm³/mol. The average molecular weight is 288 g/mol. The number of fused-ring (bicyclic) bond motifs is 1. The molecule has 2 aliphatic rings. The molecule has 3 nitrogen and oxygen atoms in total. The Morgan fingerprint density at radius 1 is 1.29 bits per heavy atom. The topological polar surface area (TPSA) is 24.5 Å². The van der Waals surface area contributed by atoms with Gasteiger partial charge in [-0.05, 0) is 63.3 Å². The number of rotatable bonds is 4. The zero-order valence-electron chi connectivity index (χ0n) is 13.7. The van der Waals surface area contributed by atoms with Crippen molar-refractivity contribution in [1.29, 1.82) is 0 Å². The molecule has 3 rings (SSSR count). The molecule has 21 heavy (non-hydrogen) atoms. The summed E-state index contributed by atoms with van der Waals surface area (Å²) in [6.45, 7) is 10.8. The zero-order chi connectivity index (χ0) is 15.0. The number of methoxy groups -OCH3 is 1. The molecule has 0 aliphatic carbocycles. The van der Waals surface area contributed by atoms with E-state index in [-0.39, 0.29) is 0 Å². The number of nitrogens with one attached hydrogen (secondary N) is 1. The Morgan fingerprint density at radius 3 is 2.62 bits per heavy atom. The van der Waals surface area contributed by atoms with E-state index in [4.69, 9.17) is 4.74 Å². The van der Waals surface area contributed by atoms with Gasteiger partial charge in [0.15, 0.2) is 0 Å². The van der Waals surface area contributed by atoms with Gasteiger partial charge in [-0.1, -0.05) is 12.1 Å². The van der Waals surface area contributed by atoms with Gasteiger partial charge in [0.25, 0.3) is 0 Å². The van der Waals surface area contributed by atoms with Crippen molar-refractivity contribution in [3.05, 3.63) is 29.8 Å². The van der Waals surface area contributed by atoms with E-state index in [1.165, 1.54) is 25.2 Å². The van der Waals surface area contributed by atoms with Crippen molar-refractivity contribution >= 4 is 0 Å². The van der Waals surface area contributed by atoms with Crippen LogP contribution in [-0.4, -0.2) is 43.2 Å². The zero-order valence-corrected chi connectivity index (χ0v) is 13.7. The summed E-state index contributed by atoms with van der Waals surface area (Å²) in [7, 11) is 1.72. The van der Waals surface area contributed by atoms with Gasteiger partial charge in [0, 0.05) is 24.7 Å². The number of likely N-dealkylation sites (tertiary alicyclic amines) is 1. The molecule has 0 saturated carbocycles. The second-order valence-electron chi connectivity index (χ2n) is 7.23. The van der Waals surface area contributed by atoms with Gasteiger partial charge in [0.05, 0.1) is 7.11 Å². The SMILES string of the molecule is COc1ccc(CC(C)N2CC3CNCC3C2(C)C)cc1. The number of hydrogen-bond donors (Lipinski definition) is 1. The lowest BCUT2D eigenvalue weighted by Crippen LogP contribution is -2.49. The Bertz CT molecular complexity index is 482. The minimum atomic E-state index is 0.306. The third-order valence-corrected chi connectivity index (χ3v) is 5.64. The van der Waals surface area contributed by atoms with Crippen LogP contribution in [0.25, 0.3) is 0 Å². The highest BCUT2D eigenvalue weighted by atomic mass is 16.5. The van der Waals surface area contributed by atoms with Crippen LogP contribution in [-0.2, 0) is 6.42 Å². The van der Waals surface area contributed by atoms with Gasteiger partial charge in [-0.25, -0.2) is 0 Å². The van der Waals surface area contributed by atoms with Gasteiger partial charge < -0.3 is 10.1 Å². The quantitative estimate of drug-likeness (QED) is 0.921. The van der Waals surface area contributed by atoms with E-state index >= 15 is 0 Å². The number of ether oxygens (including phenoxy) is 1. The highest BCUT2D eigenvalue weighted by Gasteiger charge is 2.50. The van der Waals surface area contributed by atoms with Crippen molar-refractivity contribution in [3.8, 4) is 5.75 Å². The first kappa shape index (κ1) is 14.9. The standard InChI is InChI=1S/C18H28N2O/c1-13(9-14-5-7-16(21-4)8-6-14)20-12-15-10-19-11-17(15)18(20,2)3/h5-8,13,15,17,19H,9-12H2,1-4H3. The number of benzene rings is 1. The molecule has 0 amide bonds. The Kier molecular flexibility index (Phi) is 3.98. The highest BCUT2D eigenvalue weighted by molar-refractivity contribution is 5.27. The second-order valence-corrected chi connectivity index (χ2v) is 7.23. The third kappa shape index (κ3) is 2.69. The molecule has 1 N–H and O–H groups in total. The van der Waals surface area contributed by atoms with Crippen molar-refractivity contribution in [2.75, 3.05) is 26.7 Å². The fourth-order valence-corrected chi connectivity index (χ4v) is 4.41. The van der Waals surface area contributed by atoms with Gasteiger partial charge in [-0.2, -0.15) is 0 Å². The maximum absolute atomic E-state index is 5.24. The minimum Gasteiger partial charge on any atom is -0.497 e. The maximum Gasteiger partial charge on any atom is 0.118 e. The molecule has 0 aromatic heterocycles. The van der Waals surface area contributed by atoms with E-state index in [9.17, 15) is 0 Å². The van der Waals surface area contributed by atoms with E-state index in [2.05, 4.69) is 55.3 Å². The van der Waals surface area contributed by atoms with E-state index in [1.54, 1.807) is 7.11 Å². The predicted octanol–water partition coefficient (Wildman–Crippen LogP) is 2.56. The van der Waals surface area contributed by atoms with E-state index in [0.29, 0.717) is 11.6 Å². The van der Waals surface area contributed by atoms with Gasteiger partial charge >= 0.3 is 0 Å². The van der Waals surface area contributed by atoms with Gasteiger partial charge in [0.1, 0.15) is 5.75 Å². The van der Waals surface area contributed by atoms with Crippen LogP contribution in [0.2, 0.25) is 0 Å². The van der Waals surface area contributed by atoms with Crippen LogP contribution in [0.3, 0.4) is 0 Å². The molecule has 116 valence electrons. The number of hydrogen-bond acceptors (Lipinski definition) is 3. The van der Waals surface area contributed by atoms with Gasteiger partial charge in [0.2, 0.25) is 0 Å². The Hall–Kier alpha value is -1.06. The molecule has 3 unspecified atom stereocenters. The van der Waals surface area contributed by atoms with Crippen molar-refractivity contribution in [2.45, 2.75) is 38.8 Å². The Morgan fingerprint density at radius 2 is 2.00 bits per heavy atom. The first-order chi connectivity index (χ1) is 10.0. The van der Waals surface area contributed by atoms with Crippen LogP contribution in [0, 0.1) is 11.8 Å². The number of nitrogens with zero attached hydrogens (tertiary/aromatic N) is 1. The molecule has 1 aromatic rings.